The summed E-state index contributed by atoms with van der Waals surface area (Å²) in [4.78, 5) is 0. The van der Waals surface area contributed by atoms with E-state index in [0.717, 1.165) is 6.07 Å². The van der Waals surface area contributed by atoms with Crippen molar-refractivity contribution in [1.82, 2.24) is 0 Å². The van der Waals surface area contributed by atoms with Crippen LogP contribution in [0.3, 0.4) is 0 Å². The summed E-state index contributed by atoms with van der Waals surface area (Å²) in [6.07, 6.45) is -15.7. The first kappa shape index (κ1) is 30.1. The molecule has 2 aliphatic heterocycles. The monoisotopic (exact) mass is 595 g/mol. The van der Waals surface area contributed by atoms with Crippen LogP contribution in [0.2, 0.25) is 0 Å². The highest BCUT2D eigenvalue weighted by Gasteiger charge is 2.46. The Kier molecular flexibility index (Phi) is 8.68. The van der Waals surface area contributed by atoms with E-state index < -0.39 is 80.4 Å². The number of aliphatic hydroxyl groups is 8. The lowest BCUT2D eigenvalue weighted by Crippen LogP contribution is -2.60. The molecule has 0 spiro atoms. The Bertz CT molecular complexity index is 1380. The van der Waals surface area contributed by atoms with Crippen molar-refractivity contribution in [3.05, 3.63) is 42.5 Å². The lowest BCUT2D eigenvalue weighted by molar-refractivity contribution is -0.277. The van der Waals surface area contributed by atoms with Crippen LogP contribution < -0.4 is 9.47 Å². The average molecular weight is 596 g/mol. The van der Waals surface area contributed by atoms with E-state index in [4.69, 9.17) is 23.4 Å². The van der Waals surface area contributed by atoms with E-state index >= 15 is 0 Å². The molecule has 42 heavy (non-hydrogen) atoms. The third kappa shape index (κ3) is 5.67. The van der Waals surface area contributed by atoms with Crippen LogP contribution in [0, 0.1) is 0 Å². The molecule has 2 fully saturated rings. The minimum Gasteiger partial charge on any atom is -0.508 e. The maximum atomic E-state index is 10.8. The Balaban J connectivity index is 1.53. The standard InChI is InChI=1S/C27H30O15/c28-8-17-19(32)21(34)23(36)26(41-17)38-12-5-14(31)13-7-16(40-27-24(37)22(35)20(33)18(9-29)42-27)25(39-15(13)6-12)10-1-3-11(30)4-2-10/h1-7,17-24,26-29,32-37H,8-9H2,(H-,30,31)/p+1. The van der Waals surface area contributed by atoms with Gasteiger partial charge in [0.05, 0.1) is 24.8 Å². The number of aromatic hydroxyl groups is 2. The molecule has 3 aromatic rings. The molecule has 0 radical (unpaired) electrons. The summed E-state index contributed by atoms with van der Waals surface area (Å²) in [7, 11) is 0. The molecule has 0 amide bonds. The highest BCUT2D eigenvalue weighted by molar-refractivity contribution is 5.88. The minimum atomic E-state index is -1.74. The van der Waals surface area contributed by atoms with Gasteiger partial charge in [-0.3, -0.25) is 0 Å². The highest BCUT2D eigenvalue weighted by Crippen LogP contribution is 2.41. The fourth-order valence-corrected chi connectivity index (χ4v) is 4.73. The summed E-state index contributed by atoms with van der Waals surface area (Å²) >= 11 is 0. The van der Waals surface area contributed by atoms with Crippen molar-refractivity contribution in [2.24, 2.45) is 0 Å². The summed E-state index contributed by atoms with van der Waals surface area (Å²) in [5.74, 6) is -0.651. The summed E-state index contributed by atoms with van der Waals surface area (Å²) < 4.78 is 28.3. The Morgan fingerprint density at radius 2 is 1.21 bits per heavy atom. The molecule has 0 bridgehead atoms. The zero-order valence-corrected chi connectivity index (χ0v) is 21.7. The molecule has 10 unspecified atom stereocenters. The second kappa shape index (κ2) is 12.1. The molecular weight excluding hydrogens is 564 g/mol. The summed E-state index contributed by atoms with van der Waals surface area (Å²) in [6.45, 7) is -1.36. The first-order chi connectivity index (χ1) is 20.0. The fourth-order valence-electron chi connectivity index (χ4n) is 4.73. The topological polar surface area (TPSA) is 251 Å². The van der Waals surface area contributed by atoms with Gasteiger partial charge in [0, 0.05) is 12.1 Å². The third-order valence-corrected chi connectivity index (χ3v) is 7.13. The first-order valence-electron chi connectivity index (χ1n) is 12.9. The van der Waals surface area contributed by atoms with E-state index in [0.29, 0.717) is 5.56 Å². The molecule has 5 rings (SSSR count). The van der Waals surface area contributed by atoms with Crippen LogP contribution in [-0.2, 0) is 9.47 Å². The van der Waals surface area contributed by atoms with Gasteiger partial charge in [0.2, 0.25) is 18.3 Å². The molecule has 0 saturated carbocycles. The molecule has 10 N–H and O–H groups in total. The first-order valence-corrected chi connectivity index (χ1v) is 12.9. The Morgan fingerprint density at radius 1 is 0.667 bits per heavy atom. The minimum absolute atomic E-state index is 0.00357. The summed E-state index contributed by atoms with van der Waals surface area (Å²) in [5.41, 5.74) is 0.368. The van der Waals surface area contributed by atoms with Crippen molar-refractivity contribution in [3.8, 4) is 34.3 Å². The molecule has 0 aliphatic carbocycles. The van der Waals surface area contributed by atoms with Crippen molar-refractivity contribution >= 4 is 11.0 Å². The normalized spacial score (nSPS) is 33.4. The van der Waals surface area contributed by atoms with Gasteiger partial charge in [0.1, 0.15) is 71.5 Å². The number of fused-ring (bicyclic) bond motifs is 1. The van der Waals surface area contributed by atoms with Crippen molar-refractivity contribution in [2.45, 2.75) is 61.4 Å². The molecule has 2 saturated heterocycles. The second-order valence-corrected chi connectivity index (χ2v) is 9.97. The Morgan fingerprint density at radius 3 is 1.76 bits per heavy atom. The number of ether oxygens (including phenoxy) is 4. The van der Waals surface area contributed by atoms with Crippen LogP contribution in [-0.4, -0.2) is 126 Å². The summed E-state index contributed by atoms with van der Waals surface area (Å²) in [6, 6.07) is 9.47. The molecule has 2 aromatic carbocycles. The number of rotatable bonds is 7. The molecule has 10 atom stereocenters. The van der Waals surface area contributed by atoms with E-state index in [-0.39, 0.29) is 34.0 Å². The summed E-state index contributed by atoms with van der Waals surface area (Å²) in [5, 5.41) is 101. The number of benzene rings is 2. The predicted molar refractivity (Wildman–Crippen MR) is 138 cm³/mol. The van der Waals surface area contributed by atoms with Crippen LogP contribution in [0.25, 0.3) is 22.3 Å². The van der Waals surface area contributed by atoms with E-state index in [1.54, 1.807) is 0 Å². The van der Waals surface area contributed by atoms with E-state index in [1.165, 1.54) is 36.4 Å². The molecular formula is C27H31O15+. The van der Waals surface area contributed by atoms with Crippen molar-refractivity contribution in [2.75, 3.05) is 13.2 Å². The van der Waals surface area contributed by atoms with Gasteiger partial charge in [-0.05, 0) is 24.3 Å². The Labute approximate surface area is 237 Å². The van der Waals surface area contributed by atoms with Gasteiger partial charge in [-0.15, -0.1) is 0 Å². The van der Waals surface area contributed by atoms with Gasteiger partial charge >= 0.3 is 11.3 Å². The maximum Gasteiger partial charge on any atom is 0.402 e. The number of aliphatic hydroxyl groups excluding tert-OH is 8. The highest BCUT2D eigenvalue weighted by atomic mass is 16.7. The average Bonchev–Trinajstić information content (AvgIpc) is 2.98. The van der Waals surface area contributed by atoms with Gasteiger partial charge in [0.15, 0.2) is 0 Å². The zero-order valence-electron chi connectivity index (χ0n) is 21.7. The molecule has 1 aromatic heterocycles. The van der Waals surface area contributed by atoms with Crippen molar-refractivity contribution < 1.29 is 74.4 Å². The van der Waals surface area contributed by atoms with Gasteiger partial charge in [-0.1, -0.05) is 0 Å². The van der Waals surface area contributed by atoms with Gasteiger partial charge < -0.3 is 70.0 Å². The second-order valence-electron chi connectivity index (χ2n) is 9.97. The lowest BCUT2D eigenvalue weighted by atomic mass is 9.99. The third-order valence-electron chi connectivity index (χ3n) is 7.13. The lowest BCUT2D eigenvalue weighted by Gasteiger charge is -2.39. The fraction of sp³-hybridized carbons (Fsp3) is 0.444. The number of phenolic OH excluding ortho intramolecular Hbond substituents is 2. The number of hydrogen-bond donors (Lipinski definition) is 10. The van der Waals surface area contributed by atoms with Crippen molar-refractivity contribution in [3.63, 3.8) is 0 Å². The SMILES string of the molecule is OCC1OC(Oc2cc(O)c3cc(OC4OC(CO)C(O)C(O)C4O)c(-c4ccc(O)cc4)[o+]c3c2)C(O)C(O)C1O. The van der Waals surface area contributed by atoms with Crippen LogP contribution in [0.4, 0.5) is 0 Å². The van der Waals surface area contributed by atoms with Crippen LogP contribution >= 0.6 is 0 Å². The number of phenols is 2. The van der Waals surface area contributed by atoms with Gasteiger partial charge in [-0.25, -0.2) is 4.42 Å². The maximum absolute atomic E-state index is 10.8. The number of hydrogen-bond acceptors (Lipinski definition) is 14. The smallest absolute Gasteiger partial charge is 0.402 e. The Hall–Kier alpha value is -3.35. The quantitative estimate of drug-likeness (QED) is 0.135. The van der Waals surface area contributed by atoms with Crippen molar-refractivity contribution in [1.29, 1.82) is 0 Å². The zero-order chi connectivity index (χ0) is 30.3. The molecule has 15 nitrogen and oxygen atoms in total. The largest absolute Gasteiger partial charge is 0.508 e. The van der Waals surface area contributed by atoms with Crippen LogP contribution in [0.5, 0.6) is 23.0 Å². The van der Waals surface area contributed by atoms with E-state index in [9.17, 15) is 51.1 Å². The van der Waals surface area contributed by atoms with Gasteiger partial charge in [-0.2, -0.15) is 0 Å². The van der Waals surface area contributed by atoms with E-state index in [2.05, 4.69) is 0 Å². The molecule has 3 heterocycles. The molecule has 15 heteroatoms. The predicted octanol–water partition coefficient (Wildman–Crippen LogP) is -1.85. The van der Waals surface area contributed by atoms with E-state index in [1.807, 2.05) is 0 Å². The van der Waals surface area contributed by atoms with Crippen LogP contribution in [0.15, 0.2) is 46.9 Å². The molecule has 228 valence electrons. The van der Waals surface area contributed by atoms with Gasteiger partial charge in [0.25, 0.3) is 0 Å². The van der Waals surface area contributed by atoms with Crippen LogP contribution in [0.1, 0.15) is 0 Å². The molecule has 2 aliphatic rings.